The Bertz CT molecular complexity index is 514. The molecular weight excluding hydrogens is 253 g/mol. The summed E-state index contributed by atoms with van der Waals surface area (Å²) < 4.78 is 30.4. The van der Waals surface area contributed by atoms with Gasteiger partial charge in [-0.15, -0.1) is 0 Å². The van der Waals surface area contributed by atoms with Crippen molar-refractivity contribution in [3.8, 4) is 0 Å². The third kappa shape index (κ3) is 4.51. The first-order valence-corrected chi connectivity index (χ1v) is 5.01. The van der Waals surface area contributed by atoms with Gasteiger partial charge in [-0.2, -0.15) is 0 Å². The van der Waals surface area contributed by atoms with Crippen LogP contribution in [0.4, 0.5) is 8.78 Å². The first kappa shape index (κ1) is 17.4. The summed E-state index contributed by atoms with van der Waals surface area (Å²) >= 11 is 0. The molecule has 0 aliphatic rings. The quantitative estimate of drug-likeness (QED) is 0.203. The van der Waals surface area contributed by atoms with Gasteiger partial charge in [0.25, 0.3) is 5.78 Å². The topological polar surface area (TPSA) is 66.4 Å². The van der Waals surface area contributed by atoms with Crippen LogP contribution in [-0.2, 0) is 14.3 Å². The molecule has 4 nitrogen and oxygen atoms in total. The van der Waals surface area contributed by atoms with Gasteiger partial charge < -0.3 is 9.84 Å². The van der Waals surface area contributed by atoms with Crippen molar-refractivity contribution in [2.24, 2.45) is 0 Å². The van der Waals surface area contributed by atoms with E-state index in [0.29, 0.717) is 6.08 Å². The summed E-state index contributed by atoms with van der Waals surface area (Å²) in [6.45, 7) is 1.46. The van der Waals surface area contributed by atoms with Crippen LogP contribution in [0.3, 0.4) is 0 Å². The molecule has 0 saturated heterocycles. The summed E-state index contributed by atoms with van der Waals surface area (Å²) in [6, 6.07) is 2.96. The molecule has 0 bridgehead atoms. The summed E-state index contributed by atoms with van der Waals surface area (Å²) in [7, 11) is 0. The molecular formula is C12H9F2LiO4. The Hall–Kier alpha value is -1.64. The van der Waals surface area contributed by atoms with Gasteiger partial charge in [-0.3, -0.25) is 4.79 Å². The molecule has 0 aliphatic heterocycles. The molecule has 1 aromatic carbocycles. The molecule has 0 N–H and O–H groups in total. The molecule has 0 heterocycles. The molecule has 0 aromatic heterocycles. The van der Waals surface area contributed by atoms with E-state index >= 15 is 0 Å². The SMILES string of the molecule is CCOC(=O)C(=O)/C=C(/[O-])c1cccc(F)c1F.[Li+]. The molecule has 0 spiro atoms. The maximum Gasteiger partial charge on any atom is 1.00 e. The van der Waals surface area contributed by atoms with E-state index in [9.17, 15) is 23.5 Å². The van der Waals surface area contributed by atoms with E-state index < -0.39 is 34.7 Å². The number of halogens is 2. The van der Waals surface area contributed by atoms with E-state index in [0.717, 1.165) is 18.2 Å². The fraction of sp³-hybridized carbons (Fsp3) is 0.167. The minimum atomic E-state index is -1.37. The normalized spacial score (nSPS) is 10.6. The van der Waals surface area contributed by atoms with Crippen molar-refractivity contribution >= 4 is 17.5 Å². The molecule has 96 valence electrons. The van der Waals surface area contributed by atoms with Crippen LogP contribution in [0.1, 0.15) is 12.5 Å². The van der Waals surface area contributed by atoms with Gasteiger partial charge >= 0.3 is 24.8 Å². The number of ether oxygens (including phenoxy) is 1. The molecule has 7 heteroatoms. The second kappa shape index (κ2) is 7.72. The van der Waals surface area contributed by atoms with Crippen LogP contribution < -0.4 is 24.0 Å². The summed E-state index contributed by atoms with van der Waals surface area (Å²) in [6.07, 6.45) is 0.371. The molecule has 1 rings (SSSR count). The van der Waals surface area contributed by atoms with Gasteiger partial charge in [0.15, 0.2) is 11.6 Å². The first-order chi connectivity index (χ1) is 8.47. The predicted molar refractivity (Wildman–Crippen MR) is 56.0 cm³/mol. The van der Waals surface area contributed by atoms with Crippen molar-refractivity contribution in [3.05, 3.63) is 41.5 Å². The second-order valence-electron chi connectivity index (χ2n) is 3.19. The van der Waals surface area contributed by atoms with Crippen LogP contribution in [0.5, 0.6) is 0 Å². The van der Waals surface area contributed by atoms with E-state index in [1.165, 1.54) is 6.92 Å². The molecule has 0 atom stereocenters. The maximum absolute atomic E-state index is 13.2. The Morgan fingerprint density at radius 1 is 1.37 bits per heavy atom. The third-order valence-corrected chi connectivity index (χ3v) is 1.96. The van der Waals surface area contributed by atoms with E-state index in [-0.39, 0.29) is 25.5 Å². The number of ketones is 1. The molecule has 0 amide bonds. The van der Waals surface area contributed by atoms with E-state index in [1.54, 1.807) is 0 Å². The molecule has 0 unspecified atom stereocenters. The third-order valence-electron chi connectivity index (χ3n) is 1.96. The summed E-state index contributed by atoms with van der Waals surface area (Å²) in [5, 5.41) is 11.4. The summed E-state index contributed by atoms with van der Waals surface area (Å²) in [5.74, 6) is -6.11. The van der Waals surface area contributed by atoms with Crippen molar-refractivity contribution in [2.45, 2.75) is 6.92 Å². The molecule has 1 aromatic rings. The molecule has 0 aliphatic carbocycles. The van der Waals surface area contributed by atoms with E-state index in [2.05, 4.69) is 4.74 Å². The Morgan fingerprint density at radius 2 is 2.00 bits per heavy atom. The molecule has 0 radical (unpaired) electrons. The zero-order chi connectivity index (χ0) is 13.7. The minimum absolute atomic E-state index is 0. The number of hydrogen-bond acceptors (Lipinski definition) is 4. The van der Waals surface area contributed by atoms with Crippen LogP contribution in [0.2, 0.25) is 0 Å². The van der Waals surface area contributed by atoms with Crippen LogP contribution >= 0.6 is 0 Å². The molecule has 0 saturated carbocycles. The molecule has 19 heavy (non-hydrogen) atoms. The number of carbonyl (C=O) groups is 2. The van der Waals surface area contributed by atoms with Gasteiger partial charge in [-0.1, -0.05) is 17.9 Å². The van der Waals surface area contributed by atoms with Crippen molar-refractivity contribution in [2.75, 3.05) is 6.61 Å². The molecule has 0 fully saturated rings. The van der Waals surface area contributed by atoms with Crippen LogP contribution in [0.15, 0.2) is 24.3 Å². The number of benzene rings is 1. The van der Waals surface area contributed by atoms with Crippen LogP contribution in [0.25, 0.3) is 5.76 Å². The van der Waals surface area contributed by atoms with Crippen molar-refractivity contribution < 1.29 is 47.1 Å². The standard InChI is InChI=1S/C12H10F2O4.Li/c1-2-18-12(17)10(16)6-9(15)7-4-3-5-8(13)11(7)14;/h3-6,15H,2H2,1H3;/q;+1/p-1/b9-6+;. The Labute approximate surface area is 120 Å². The zero-order valence-corrected chi connectivity index (χ0v) is 10.4. The Morgan fingerprint density at radius 3 is 2.58 bits per heavy atom. The van der Waals surface area contributed by atoms with E-state index in [1.807, 2.05) is 0 Å². The maximum atomic E-state index is 13.2. The van der Waals surface area contributed by atoms with Crippen LogP contribution in [0, 0.1) is 11.6 Å². The largest absolute Gasteiger partial charge is 1.00 e. The van der Waals surface area contributed by atoms with Gasteiger partial charge in [0.1, 0.15) is 0 Å². The smallest absolute Gasteiger partial charge is 0.872 e. The van der Waals surface area contributed by atoms with Gasteiger partial charge in [-0.05, 0) is 19.1 Å². The summed E-state index contributed by atoms with van der Waals surface area (Å²) in [5.41, 5.74) is -0.618. The first-order valence-electron chi connectivity index (χ1n) is 5.01. The summed E-state index contributed by atoms with van der Waals surface area (Å²) in [4.78, 5) is 22.1. The fourth-order valence-electron chi connectivity index (χ4n) is 1.15. The van der Waals surface area contributed by atoms with Crippen molar-refractivity contribution in [1.82, 2.24) is 0 Å². The second-order valence-corrected chi connectivity index (χ2v) is 3.19. The average Bonchev–Trinajstić information content (AvgIpc) is 2.32. The number of rotatable bonds is 4. The van der Waals surface area contributed by atoms with Crippen LogP contribution in [-0.4, -0.2) is 18.4 Å². The monoisotopic (exact) mass is 262 g/mol. The number of esters is 1. The minimum Gasteiger partial charge on any atom is -0.872 e. The number of carbonyl (C=O) groups excluding carboxylic acids is 2. The Kier molecular flexibility index (Phi) is 7.05. The van der Waals surface area contributed by atoms with E-state index in [4.69, 9.17) is 0 Å². The van der Waals surface area contributed by atoms with Gasteiger partial charge in [0, 0.05) is 5.56 Å². The van der Waals surface area contributed by atoms with Crippen molar-refractivity contribution in [1.29, 1.82) is 0 Å². The predicted octanol–water partition coefficient (Wildman–Crippen LogP) is -2.20. The van der Waals surface area contributed by atoms with Gasteiger partial charge in [-0.25, -0.2) is 13.6 Å². The average molecular weight is 262 g/mol. The van der Waals surface area contributed by atoms with Gasteiger partial charge in [0.05, 0.1) is 6.61 Å². The Balaban J connectivity index is 0.00000324. The van der Waals surface area contributed by atoms with Gasteiger partial charge in [0.2, 0.25) is 0 Å². The fourth-order valence-corrected chi connectivity index (χ4v) is 1.15. The van der Waals surface area contributed by atoms with Crippen molar-refractivity contribution in [3.63, 3.8) is 0 Å². The zero-order valence-electron chi connectivity index (χ0n) is 10.4. The number of hydrogen-bond donors (Lipinski definition) is 0.